The van der Waals surface area contributed by atoms with Crippen LogP contribution in [-0.2, 0) is 0 Å². The topological polar surface area (TPSA) is 12.0 Å². The molecule has 1 saturated heterocycles. The van der Waals surface area contributed by atoms with Crippen molar-refractivity contribution >= 4 is 9.24 Å². The van der Waals surface area contributed by atoms with Crippen molar-refractivity contribution in [2.75, 3.05) is 12.7 Å². The average molecular weight is 131 g/mol. The predicted octanol–water partition coefficient (Wildman–Crippen LogP) is 0.859. The van der Waals surface area contributed by atoms with Crippen LogP contribution in [0.4, 0.5) is 0 Å². The molecule has 0 bridgehead atoms. The van der Waals surface area contributed by atoms with E-state index in [0.717, 1.165) is 12.0 Å². The first-order chi connectivity index (χ1) is 3.83. The Kier molecular flexibility index (Phi) is 2.27. The number of nitrogens with one attached hydrogen (secondary N) is 1. The molecular weight excluding hydrogens is 117 g/mol. The minimum absolute atomic E-state index is 0.787. The molecule has 2 heteroatoms. The van der Waals surface area contributed by atoms with Gasteiger partial charge in [-0.2, -0.15) is 0 Å². The summed E-state index contributed by atoms with van der Waals surface area (Å²) >= 11 is 0. The van der Waals surface area contributed by atoms with Gasteiger partial charge in [0.1, 0.15) is 0 Å². The average Bonchev–Trinajstić information content (AvgIpc) is 2.14. The summed E-state index contributed by atoms with van der Waals surface area (Å²) < 4.78 is 0. The Morgan fingerprint density at radius 3 is 2.75 bits per heavy atom. The normalized spacial score (nSPS) is 38.2. The third-order valence-electron chi connectivity index (χ3n) is 1.73. The molecule has 1 N–H and O–H groups in total. The van der Waals surface area contributed by atoms with Gasteiger partial charge in [0, 0.05) is 6.04 Å². The van der Waals surface area contributed by atoms with E-state index in [-0.39, 0.29) is 0 Å². The highest BCUT2D eigenvalue weighted by atomic mass is 31.0. The van der Waals surface area contributed by atoms with E-state index in [0.29, 0.717) is 0 Å². The molecule has 0 aromatic heterocycles. The lowest BCUT2D eigenvalue weighted by molar-refractivity contribution is 0.626. The van der Waals surface area contributed by atoms with Gasteiger partial charge in [0.05, 0.1) is 0 Å². The van der Waals surface area contributed by atoms with Crippen molar-refractivity contribution in [1.29, 1.82) is 0 Å². The molecule has 1 heterocycles. The Balaban J connectivity index is 2.22. The summed E-state index contributed by atoms with van der Waals surface area (Å²) in [6.45, 7) is 3.52. The summed E-state index contributed by atoms with van der Waals surface area (Å²) in [4.78, 5) is 0. The fourth-order valence-corrected chi connectivity index (χ4v) is 1.56. The summed E-state index contributed by atoms with van der Waals surface area (Å²) in [5, 5.41) is 3.44. The molecule has 1 rings (SSSR count). The van der Waals surface area contributed by atoms with Crippen molar-refractivity contribution in [3.8, 4) is 0 Å². The van der Waals surface area contributed by atoms with Crippen LogP contribution in [0.5, 0.6) is 0 Å². The van der Waals surface area contributed by atoms with Crippen LogP contribution in [0.25, 0.3) is 0 Å². The highest BCUT2D eigenvalue weighted by Gasteiger charge is 2.17. The summed E-state index contributed by atoms with van der Waals surface area (Å²) in [6, 6.07) is 0.787. The van der Waals surface area contributed by atoms with Crippen LogP contribution in [-0.4, -0.2) is 18.7 Å². The highest BCUT2D eigenvalue weighted by molar-refractivity contribution is 7.16. The molecule has 0 radical (unpaired) electrons. The van der Waals surface area contributed by atoms with Gasteiger partial charge < -0.3 is 5.32 Å². The maximum absolute atomic E-state index is 3.44. The van der Waals surface area contributed by atoms with Crippen LogP contribution in [0.15, 0.2) is 0 Å². The van der Waals surface area contributed by atoms with Crippen LogP contribution in [0, 0.1) is 5.92 Å². The Morgan fingerprint density at radius 1 is 1.75 bits per heavy atom. The van der Waals surface area contributed by atoms with Crippen molar-refractivity contribution in [2.24, 2.45) is 5.92 Å². The summed E-state index contributed by atoms with van der Waals surface area (Å²) in [5.74, 6) is 0.903. The van der Waals surface area contributed by atoms with E-state index in [1.165, 1.54) is 19.1 Å². The van der Waals surface area contributed by atoms with Gasteiger partial charge in [0.15, 0.2) is 0 Å². The second-order valence-electron chi connectivity index (χ2n) is 2.68. The van der Waals surface area contributed by atoms with Crippen LogP contribution >= 0.6 is 9.24 Å². The Morgan fingerprint density at radius 2 is 2.50 bits per heavy atom. The lowest BCUT2D eigenvalue weighted by Crippen LogP contribution is -2.22. The molecular formula is C6H14NP. The fourth-order valence-electron chi connectivity index (χ4n) is 1.20. The zero-order valence-electron chi connectivity index (χ0n) is 5.35. The molecule has 0 saturated carbocycles. The molecule has 1 nitrogen and oxygen atoms in total. The molecule has 8 heavy (non-hydrogen) atoms. The van der Waals surface area contributed by atoms with E-state index >= 15 is 0 Å². The molecule has 0 aliphatic carbocycles. The van der Waals surface area contributed by atoms with E-state index < -0.39 is 0 Å². The van der Waals surface area contributed by atoms with Gasteiger partial charge in [0.25, 0.3) is 0 Å². The lowest BCUT2D eigenvalue weighted by Gasteiger charge is -2.02. The number of rotatable bonds is 1. The molecule has 3 atom stereocenters. The smallest absolute Gasteiger partial charge is 0.0105 e. The van der Waals surface area contributed by atoms with Gasteiger partial charge in [-0.1, -0.05) is 6.92 Å². The van der Waals surface area contributed by atoms with Crippen LogP contribution in [0.2, 0.25) is 0 Å². The van der Waals surface area contributed by atoms with Gasteiger partial charge in [-0.25, -0.2) is 0 Å². The number of hydrogen-bond acceptors (Lipinski definition) is 1. The van der Waals surface area contributed by atoms with Gasteiger partial charge in [-0.15, -0.1) is 9.24 Å². The monoisotopic (exact) mass is 131 g/mol. The Bertz CT molecular complexity index is 74.9. The first-order valence-corrected chi connectivity index (χ1v) is 4.08. The predicted molar refractivity (Wildman–Crippen MR) is 40.1 cm³/mol. The van der Waals surface area contributed by atoms with E-state index in [1.807, 2.05) is 0 Å². The second kappa shape index (κ2) is 2.80. The molecule has 0 aromatic rings. The molecule has 0 spiro atoms. The molecule has 1 aliphatic rings. The third-order valence-corrected chi connectivity index (χ3v) is 2.30. The first-order valence-electron chi connectivity index (χ1n) is 3.26. The van der Waals surface area contributed by atoms with Crippen molar-refractivity contribution in [1.82, 2.24) is 5.32 Å². The van der Waals surface area contributed by atoms with Gasteiger partial charge >= 0.3 is 0 Å². The van der Waals surface area contributed by atoms with Crippen molar-refractivity contribution < 1.29 is 0 Å². The minimum atomic E-state index is 0.787. The van der Waals surface area contributed by atoms with Crippen LogP contribution in [0.3, 0.4) is 0 Å². The Hall–Kier alpha value is 0.390. The van der Waals surface area contributed by atoms with E-state index in [4.69, 9.17) is 0 Å². The van der Waals surface area contributed by atoms with Gasteiger partial charge in [0.2, 0.25) is 0 Å². The van der Waals surface area contributed by atoms with Crippen LogP contribution in [0.1, 0.15) is 13.3 Å². The third kappa shape index (κ3) is 1.43. The molecule has 0 aromatic carbocycles. The summed E-state index contributed by atoms with van der Waals surface area (Å²) in [5.41, 5.74) is 0. The zero-order valence-corrected chi connectivity index (χ0v) is 6.51. The largest absolute Gasteiger partial charge is 0.313 e. The molecule has 0 amide bonds. The maximum Gasteiger partial charge on any atom is 0.0105 e. The first kappa shape index (κ1) is 6.51. The standard InChI is InChI=1S/C6H14NP/c1-5-2-6(4-8)7-3-5/h5-7H,2-4,8H2,1H3/t5-,6+/m0/s1. The molecule has 1 unspecified atom stereocenters. The van der Waals surface area contributed by atoms with Gasteiger partial charge in [-0.05, 0) is 25.0 Å². The molecule has 1 fully saturated rings. The van der Waals surface area contributed by atoms with Crippen molar-refractivity contribution in [3.05, 3.63) is 0 Å². The SMILES string of the molecule is C[C@@H]1CN[C@@H](CP)C1. The molecule has 1 aliphatic heterocycles. The fraction of sp³-hybridized carbons (Fsp3) is 1.00. The van der Waals surface area contributed by atoms with E-state index in [2.05, 4.69) is 21.5 Å². The zero-order chi connectivity index (χ0) is 5.98. The second-order valence-corrected chi connectivity index (χ2v) is 3.15. The molecule has 48 valence electrons. The van der Waals surface area contributed by atoms with Crippen molar-refractivity contribution in [3.63, 3.8) is 0 Å². The summed E-state index contributed by atoms with van der Waals surface area (Å²) in [6.07, 6.45) is 2.58. The van der Waals surface area contributed by atoms with E-state index in [9.17, 15) is 0 Å². The maximum atomic E-state index is 3.44. The Labute approximate surface area is 53.4 Å². The number of hydrogen-bond donors (Lipinski definition) is 1. The van der Waals surface area contributed by atoms with Crippen molar-refractivity contribution in [2.45, 2.75) is 19.4 Å². The van der Waals surface area contributed by atoms with Gasteiger partial charge in [-0.3, -0.25) is 0 Å². The lowest BCUT2D eigenvalue weighted by atomic mass is 10.1. The minimum Gasteiger partial charge on any atom is -0.313 e. The van der Waals surface area contributed by atoms with Crippen LogP contribution < -0.4 is 5.32 Å². The highest BCUT2D eigenvalue weighted by Crippen LogP contribution is 2.13. The quantitative estimate of drug-likeness (QED) is 0.520. The summed E-state index contributed by atoms with van der Waals surface area (Å²) in [7, 11) is 2.78. The van der Waals surface area contributed by atoms with E-state index in [1.54, 1.807) is 0 Å².